The van der Waals surface area contributed by atoms with Gasteiger partial charge in [0.2, 0.25) is 0 Å². The van der Waals surface area contributed by atoms with E-state index < -0.39 is 18.7 Å². The monoisotopic (exact) mass is 363 g/mol. The van der Waals surface area contributed by atoms with Crippen molar-refractivity contribution in [3.8, 4) is 11.5 Å². The summed E-state index contributed by atoms with van der Waals surface area (Å²) in [7, 11) is 0. The summed E-state index contributed by atoms with van der Waals surface area (Å²) >= 11 is 5.90. The van der Waals surface area contributed by atoms with Crippen LogP contribution in [-0.2, 0) is 9.59 Å². The summed E-state index contributed by atoms with van der Waals surface area (Å²) in [5.74, 6) is -0.375. The van der Waals surface area contributed by atoms with Crippen molar-refractivity contribution >= 4 is 29.2 Å². The van der Waals surface area contributed by atoms with Gasteiger partial charge in [0.15, 0.2) is 12.7 Å². The van der Waals surface area contributed by atoms with Gasteiger partial charge < -0.3 is 19.9 Å². The first kappa shape index (κ1) is 18.6. The molecule has 0 aliphatic carbocycles. The van der Waals surface area contributed by atoms with Crippen LogP contribution in [0.4, 0.5) is 5.69 Å². The zero-order chi connectivity index (χ0) is 18.4. The van der Waals surface area contributed by atoms with Crippen LogP contribution in [0, 0.1) is 6.92 Å². The molecule has 0 saturated heterocycles. The first-order chi connectivity index (χ1) is 11.8. The highest BCUT2D eigenvalue weighted by molar-refractivity contribution is 6.30. The summed E-state index contributed by atoms with van der Waals surface area (Å²) in [6.07, 6.45) is -0.706. The van der Waals surface area contributed by atoms with E-state index in [0.717, 1.165) is 5.56 Å². The smallest absolute Gasteiger partial charge is 0.341 e. The van der Waals surface area contributed by atoms with Gasteiger partial charge in [-0.05, 0) is 61.9 Å². The van der Waals surface area contributed by atoms with Crippen molar-refractivity contribution in [2.24, 2.45) is 0 Å². The SMILES string of the molecule is Cc1cc(Cl)ccc1O[C@@H](C)C(=O)Nc1ccc(OCC(=O)O)cc1. The molecule has 2 rings (SSSR count). The van der Waals surface area contributed by atoms with Gasteiger partial charge in [-0.3, -0.25) is 4.79 Å². The van der Waals surface area contributed by atoms with Crippen LogP contribution >= 0.6 is 11.6 Å². The first-order valence-corrected chi connectivity index (χ1v) is 7.91. The summed E-state index contributed by atoms with van der Waals surface area (Å²) in [4.78, 5) is 22.7. The van der Waals surface area contributed by atoms with E-state index in [1.807, 2.05) is 6.92 Å². The molecule has 0 fully saturated rings. The average molecular weight is 364 g/mol. The number of carbonyl (C=O) groups excluding carboxylic acids is 1. The summed E-state index contributed by atoms with van der Waals surface area (Å²) < 4.78 is 10.7. The molecule has 0 heterocycles. The van der Waals surface area contributed by atoms with Gasteiger partial charge in [-0.25, -0.2) is 4.79 Å². The van der Waals surface area contributed by atoms with Crippen LogP contribution in [0.1, 0.15) is 12.5 Å². The van der Waals surface area contributed by atoms with Gasteiger partial charge in [-0.1, -0.05) is 11.6 Å². The molecular weight excluding hydrogens is 346 g/mol. The summed E-state index contributed by atoms with van der Waals surface area (Å²) in [6.45, 7) is 3.08. The van der Waals surface area contributed by atoms with Gasteiger partial charge in [0.25, 0.3) is 5.91 Å². The zero-order valence-corrected chi connectivity index (χ0v) is 14.5. The van der Waals surface area contributed by atoms with Crippen molar-refractivity contribution in [3.63, 3.8) is 0 Å². The Morgan fingerprint density at radius 2 is 1.88 bits per heavy atom. The topological polar surface area (TPSA) is 84.9 Å². The third kappa shape index (κ3) is 5.69. The lowest BCUT2D eigenvalue weighted by atomic mass is 10.2. The summed E-state index contributed by atoms with van der Waals surface area (Å²) in [5, 5.41) is 11.9. The first-order valence-electron chi connectivity index (χ1n) is 7.53. The number of rotatable bonds is 7. The van der Waals surface area contributed by atoms with Crippen molar-refractivity contribution in [3.05, 3.63) is 53.1 Å². The molecule has 25 heavy (non-hydrogen) atoms. The number of ether oxygens (including phenoxy) is 2. The van der Waals surface area contributed by atoms with Crippen LogP contribution in [0.2, 0.25) is 5.02 Å². The number of hydrogen-bond donors (Lipinski definition) is 2. The van der Waals surface area contributed by atoms with E-state index in [0.29, 0.717) is 22.2 Å². The van der Waals surface area contributed by atoms with Crippen molar-refractivity contribution in [1.29, 1.82) is 0 Å². The molecule has 2 aromatic rings. The number of amides is 1. The maximum Gasteiger partial charge on any atom is 0.341 e. The van der Waals surface area contributed by atoms with Crippen molar-refractivity contribution < 1.29 is 24.2 Å². The molecule has 0 unspecified atom stereocenters. The number of nitrogens with one attached hydrogen (secondary N) is 1. The third-order valence-electron chi connectivity index (χ3n) is 3.29. The quantitative estimate of drug-likeness (QED) is 0.786. The number of aliphatic carboxylic acids is 1. The zero-order valence-electron chi connectivity index (χ0n) is 13.8. The van der Waals surface area contributed by atoms with Gasteiger partial charge in [-0.15, -0.1) is 0 Å². The Kier molecular flexibility index (Phi) is 6.25. The molecule has 132 valence electrons. The highest BCUT2D eigenvalue weighted by Gasteiger charge is 2.16. The lowest BCUT2D eigenvalue weighted by molar-refractivity contribution is -0.139. The predicted molar refractivity (Wildman–Crippen MR) is 94.5 cm³/mol. The van der Waals surface area contributed by atoms with E-state index in [-0.39, 0.29) is 5.91 Å². The second-order valence-corrected chi connectivity index (χ2v) is 5.80. The van der Waals surface area contributed by atoms with Crippen LogP contribution in [0.3, 0.4) is 0 Å². The van der Waals surface area contributed by atoms with Crippen molar-refractivity contribution in [2.75, 3.05) is 11.9 Å². The molecule has 0 radical (unpaired) electrons. The van der Waals surface area contributed by atoms with E-state index in [4.69, 9.17) is 26.2 Å². The normalized spacial score (nSPS) is 11.5. The van der Waals surface area contributed by atoms with Crippen molar-refractivity contribution in [2.45, 2.75) is 20.0 Å². The van der Waals surface area contributed by atoms with Gasteiger partial charge in [0, 0.05) is 10.7 Å². The number of aryl methyl sites for hydroxylation is 1. The number of anilines is 1. The van der Waals surface area contributed by atoms with Crippen LogP contribution in [-0.4, -0.2) is 29.7 Å². The molecular formula is C18H18ClNO5. The Hall–Kier alpha value is -2.73. The minimum absolute atomic E-state index is 0.312. The molecule has 0 bridgehead atoms. The van der Waals surface area contributed by atoms with Crippen LogP contribution in [0.5, 0.6) is 11.5 Å². The molecule has 7 heteroatoms. The molecule has 0 aromatic heterocycles. The second-order valence-electron chi connectivity index (χ2n) is 5.37. The average Bonchev–Trinajstić information content (AvgIpc) is 2.56. The maximum atomic E-state index is 12.2. The highest BCUT2D eigenvalue weighted by atomic mass is 35.5. The number of halogens is 1. The fourth-order valence-electron chi connectivity index (χ4n) is 2.01. The largest absolute Gasteiger partial charge is 0.482 e. The lowest BCUT2D eigenvalue weighted by Crippen LogP contribution is -2.30. The molecule has 0 saturated carbocycles. The van der Waals surface area contributed by atoms with Gasteiger partial charge in [0.1, 0.15) is 11.5 Å². The van der Waals surface area contributed by atoms with E-state index in [2.05, 4.69) is 5.32 Å². The van der Waals surface area contributed by atoms with Crippen LogP contribution < -0.4 is 14.8 Å². The number of carboxylic acids is 1. The van der Waals surface area contributed by atoms with Gasteiger partial charge in [-0.2, -0.15) is 0 Å². The fourth-order valence-corrected chi connectivity index (χ4v) is 2.24. The maximum absolute atomic E-state index is 12.2. The molecule has 1 amide bonds. The molecule has 2 N–H and O–H groups in total. The molecule has 0 aliphatic rings. The molecule has 6 nitrogen and oxygen atoms in total. The third-order valence-corrected chi connectivity index (χ3v) is 3.53. The van der Waals surface area contributed by atoms with Gasteiger partial charge in [0.05, 0.1) is 0 Å². The van der Waals surface area contributed by atoms with Crippen LogP contribution in [0.25, 0.3) is 0 Å². The van der Waals surface area contributed by atoms with E-state index in [1.54, 1.807) is 49.4 Å². The summed E-state index contributed by atoms with van der Waals surface area (Å²) in [6, 6.07) is 11.6. The second kappa shape index (κ2) is 8.39. The van der Waals surface area contributed by atoms with Crippen molar-refractivity contribution in [1.82, 2.24) is 0 Å². The van der Waals surface area contributed by atoms with E-state index >= 15 is 0 Å². The Morgan fingerprint density at radius 1 is 1.20 bits per heavy atom. The summed E-state index contributed by atoms with van der Waals surface area (Å²) in [5.41, 5.74) is 1.39. The standard InChI is InChI=1S/C18H18ClNO5/c1-11-9-13(19)3-8-16(11)25-12(2)18(23)20-14-4-6-15(7-5-14)24-10-17(21)22/h3-9,12H,10H2,1-2H3,(H,20,23)(H,21,22)/t12-/m0/s1. The van der Waals surface area contributed by atoms with E-state index in [9.17, 15) is 9.59 Å². The Bertz CT molecular complexity index is 761. The number of hydrogen-bond acceptors (Lipinski definition) is 4. The predicted octanol–water partition coefficient (Wildman–Crippen LogP) is 3.52. The molecule has 0 spiro atoms. The minimum atomic E-state index is -1.05. The minimum Gasteiger partial charge on any atom is -0.482 e. The van der Waals surface area contributed by atoms with E-state index in [1.165, 1.54) is 0 Å². The lowest BCUT2D eigenvalue weighted by Gasteiger charge is -2.16. The Morgan fingerprint density at radius 3 is 2.48 bits per heavy atom. The van der Waals surface area contributed by atoms with Gasteiger partial charge >= 0.3 is 5.97 Å². The Labute approximate surface area is 150 Å². The number of benzene rings is 2. The number of carboxylic acid groups (broad SMARTS) is 1. The number of carbonyl (C=O) groups is 2. The fraction of sp³-hybridized carbons (Fsp3) is 0.222. The molecule has 0 aliphatic heterocycles. The Balaban J connectivity index is 1.93. The highest BCUT2D eigenvalue weighted by Crippen LogP contribution is 2.23. The molecule has 2 aromatic carbocycles. The van der Waals surface area contributed by atoms with Crippen LogP contribution in [0.15, 0.2) is 42.5 Å². The molecule has 1 atom stereocenters.